The molecule has 0 bridgehead atoms. The highest BCUT2D eigenvalue weighted by molar-refractivity contribution is 14.0. The van der Waals surface area contributed by atoms with Crippen LogP contribution in [0, 0.1) is 0 Å². The van der Waals surface area contributed by atoms with Crippen LogP contribution in [0.4, 0.5) is 14.5 Å². The number of halogens is 3. The largest absolute Gasteiger partial charge is 0.493 e. The summed E-state index contributed by atoms with van der Waals surface area (Å²) in [6, 6.07) is 12.8. The zero-order valence-corrected chi connectivity index (χ0v) is 21.3. The molecule has 2 aromatic carbocycles. The summed E-state index contributed by atoms with van der Waals surface area (Å²) in [6.45, 7) is 1.59. The molecule has 0 radical (unpaired) electrons. The summed E-state index contributed by atoms with van der Waals surface area (Å²) in [5, 5.41) is 6.72. The molecule has 1 aliphatic rings. The van der Waals surface area contributed by atoms with Gasteiger partial charge >= 0.3 is 6.61 Å². The first-order valence-electron chi connectivity index (χ1n) is 10.6. The van der Waals surface area contributed by atoms with E-state index in [-0.39, 0.29) is 35.8 Å². The van der Waals surface area contributed by atoms with Gasteiger partial charge in [-0.1, -0.05) is 18.2 Å². The summed E-state index contributed by atoms with van der Waals surface area (Å²) >= 11 is 0. The molecule has 1 unspecified atom stereocenters. The molecule has 182 valence electrons. The number of guanidine groups is 1. The van der Waals surface area contributed by atoms with Crippen LogP contribution in [-0.4, -0.2) is 52.5 Å². The number of para-hydroxylation sites is 2. The number of alkyl halides is 2. The molecule has 0 aromatic heterocycles. The maximum atomic E-state index is 12.7. The zero-order chi connectivity index (χ0) is 22.9. The fraction of sp³-hybridized carbons (Fsp3) is 0.435. The molecule has 1 aliphatic heterocycles. The molecule has 0 spiro atoms. The molecule has 7 nitrogen and oxygen atoms in total. The Balaban J connectivity index is 0.00000385. The van der Waals surface area contributed by atoms with E-state index in [1.54, 1.807) is 32.4 Å². The van der Waals surface area contributed by atoms with Crippen LogP contribution in [0.1, 0.15) is 18.9 Å². The van der Waals surface area contributed by atoms with Gasteiger partial charge in [0.1, 0.15) is 5.75 Å². The number of methoxy groups -OCH3 is 1. The van der Waals surface area contributed by atoms with Crippen molar-refractivity contribution >= 4 is 35.6 Å². The number of anilines is 1. The Labute approximate surface area is 210 Å². The Morgan fingerprint density at radius 2 is 1.97 bits per heavy atom. The average molecular weight is 576 g/mol. The van der Waals surface area contributed by atoms with Gasteiger partial charge in [-0.2, -0.15) is 8.78 Å². The SMILES string of the molecule is CCOc1ccc(CNC(=NC)NC2CCN(c3ccccc3OC(F)F)C2)cc1OC.I. The lowest BCUT2D eigenvalue weighted by Gasteiger charge is -2.22. The second-order valence-electron chi connectivity index (χ2n) is 7.27. The number of nitrogens with zero attached hydrogens (tertiary/aromatic N) is 2. The van der Waals surface area contributed by atoms with E-state index in [0.29, 0.717) is 42.8 Å². The highest BCUT2D eigenvalue weighted by Gasteiger charge is 2.26. The molecular formula is C23H31F2IN4O3. The van der Waals surface area contributed by atoms with Crippen LogP contribution in [0.25, 0.3) is 0 Å². The summed E-state index contributed by atoms with van der Waals surface area (Å²) in [6.07, 6.45) is 0.848. The minimum Gasteiger partial charge on any atom is -0.493 e. The molecule has 1 heterocycles. The summed E-state index contributed by atoms with van der Waals surface area (Å²) < 4.78 is 41.1. The van der Waals surface area contributed by atoms with E-state index in [0.717, 1.165) is 18.5 Å². The van der Waals surface area contributed by atoms with Crippen LogP contribution in [-0.2, 0) is 6.54 Å². The first kappa shape index (κ1) is 26.7. The molecule has 33 heavy (non-hydrogen) atoms. The van der Waals surface area contributed by atoms with E-state index in [2.05, 4.69) is 20.4 Å². The van der Waals surface area contributed by atoms with Crippen LogP contribution >= 0.6 is 24.0 Å². The van der Waals surface area contributed by atoms with Gasteiger partial charge in [0.15, 0.2) is 17.5 Å². The van der Waals surface area contributed by atoms with Gasteiger partial charge in [-0.15, -0.1) is 24.0 Å². The summed E-state index contributed by atoms with van der Waals surface area (Å²) in [4.78, 5) is 6.35. The van der Waals surface area contributed by atoms with Gasteiger partial charge in [-0.25, -0.2) is 0 Å². The maximum Gasteiger partial charge on any atom is 0.387 e. The molecule has 1 saturated heterocycles. The van der Waals surface area contributed by atoms with Gasteiger partial charge in [-0.3, -0.25) is 4.99 Å². The maximum absolute atomic E-state index is 12.7. The predicted octanol–water partition coefficient (Wildman–Crippen LogP) is 4.26. The fourth-order valence-electron chi connectivity index (χ4n) is 3.68. The molecule has 2 aromatic rings. The smallest absolute Gasteiger partial charge is 0.387 e. The monoisotopic (exact) mass is 576 g/mol. The average Bonchev–Trinajstić information content (AvgIpc) is 3.25. The molecule has 3 rings (SSSR count). The minimum absolute atomic E-state index is 0. The lowest BCUT2D eigenvalue weighted by atomic mass is 10.2. The van der Waals surface area contributed by atoms with Gasteiger partial charge < -0.3 is 29.7 Å². The predicted molar refractivity (Wildman–Crippen MR) is 137 cm³/mol. The lowest BCUT2D eigenvalue weighted by Crippen LogP contribution is -2.44. The van der Waals surface area contributed by atoms with E-state index in [1.165, 1.54) is 0 Å². The van der Waals surface area contributed by atoms with Crippen molar-refractivity contribution in [2.24, 2.45) is 4.99 Å². The van der Waals surface area contributed by atoms with Crippen LogP contribution in [0.3, 0.4) is 0 Å². The van der Waals surface area contributed by atoms with E-state index < -0.39 is 6.61 Å². The Morgan fingerprint density at radius 3 is 2.67 bits per heavy atom. The molecule has 2 N–H and O–H groups in total. The quantitative estimate of drug-likeness (QED) is 0.265. The Hall–Kier alpha value is -2.50. The molecule has 1 atom stereocenters. The molecule has 1 fully saturated rings. The second kappa shape index (κ2) is 13.3. The van der Waals surface area contributed by atoms with Crippen LogP contribution in [0.5, 0.6) is 17.2 Å². The van der Waals surface area contributed by atoms with Gasteiger partial charge in [0, 0.05) is 32.7 Å². The Kier molecular flexibility index (Phi) is 10.8. The van der Waals surface area contributed by atoms with Crippen LogP contribution in [0.2, 0.25) is 0 Å². The third-order valence-electron chi connectivity index (χ3n) is 5.16. The van der Waals surface area contributed by atoms with Crippen molar-refractivity contribution in [2.75, 3.05) is 38.8 Å². The second-order valence-corrected chi connectivity index (χ2v) is 7.27. The topological polar surface area (TPSA) is 67.4 Å². The zero-order valence-electron chi connectivity index (χ0n) is 19.0. The van der Waals surface area contributed by atoms with Crippen molar-refractivity contribution in [3.63, 3.8) is 0 Å². The molecule has 0 saturated carbocycles. The normalized spacial score (nSPS) is 15.8. The summed E-state index contributed by atoms with van der Waals surface area (Å²) in [5.41, 5.74) is 1.70. The lowest BCUT2D eigenvalue weighted by molar-refractivity contribution is -0.0495. The minimum atomic E-state index is -2.85. The Morgan fingerprint density at radius 1 is 1.18 bits per heavy atom. The third-order valence-corrected chi connectivity index (χ3v) is 5.16. The summed E-state index contributed by atoms with van der Waals surface area (Å²) in [5.74, 6) is 2.26. The summed E-state index contributed by atoms with van der Waals surface area (Å²) in [7, 11) is 3.33. The highest BCUT2D eigenvalue weighted by atomic mass is 127. The van der Waals surface area contributed by atoms with E-state index in [9.17, 15) is 8.78 Å². The fourth-order valence-corrected chi connectivity index (χ4v) is 3.68. The van der Waals surface area contributed by atoms with E-state index >= 15 is 0 Å². The first-order valence-corrected chi connectivity index (χ1v) is 10.6. The van der Waals surface area contributed by atoms with Crippen molar-refractivity contribution in [3.05, 3.63) is 48.0 Å². The van der Waals surface area contributed by atoms with Crippen LogP contribution < -0.4 is 29.7 Å². The van der Waals surface area contributed by atoms with Gasteiger partial charge in [0.25, 0.3) is 0 Å². The van der Waals surface area contributed by atoms with Crippen molar-refractivity contribution < 1.29 is 23.0 Å². The third kappa shape index (κ3) is 7.51. The standard InChI is InChI=1S/C23H30F2N4O3.HI/c1-4-31-20-10-9-16(13-21(20)30-3)14-27-23(26-2)28-17-11-12-29(15-17)18-7-5-6-8-19(18)32-22(24)25;/h5-10,13,17,22H,4,11-12,14-15H2,1-3H3,(H2,26,27,28);1H. The number of rotatable bonds is 9. The Bertz CT molecular complexity index is 917. The number of aliphatic imine (C=N–C) groups is 1. The highest BCUT2D eigenvalue weighted by Crippen LogP contribution is 2.32. The molecular weight excluding hydrogens is 545 g/mol. The number of benzene rings is 2. The number of hydrogen-bond acceptors (Lipinski definition) is 5. The van der Waals surface area contributed by atoms with Gasteiger partial charge in [-0.05, 0) is 43.2 Å². The van der Waals surface area contributed by atoms with Crippen molar-refractivity contribution in [2.45, 2.75) is 32.5 Å². The van der Waals surface area contributed by atoms with Crippen molar-refractivity contribution in [1.29, 1.82) is 0 Å². The van der Waals surface area contributed by atoms with Gasteiger partial charge in [0.05, 0.1) is 19.4 Å². The molecule has 0 amide bonds. The number of hydrogen-bond donors (Lipinski definition) is 2. The number of ether oxygens (including phenoxy) is 3. The molecule has 0 aliphatic carbocycles. The van der Waals surface area contributed by atoms with Crippen molar-refractivity contribution in [3.8, 4) is 17.2 Å². The van der Waals surface area contributed by atoms with Crippen LogP contribution in [0.15, 0.2) is 47.5 Å². The van der Waals surface area contributed by atoms with Crippen molar-refractivity contribution in [1.82, 2.24) is 10.6 Å². The molecule has 10 heteroatoms. The number of nitrogens with one attached hydrogen (secondary N) is 2. The van der Waals surface area contributed by atoms with Gasteiger partial charge in [0.2, 0.25) is 0 Å². The van der Waals surface area contributed by atoms with E-state index in [4.69, 9.17) is 9.47 Å². The van der Waals surface area contributed by atoms with E-state index in [1.807, 2.05) is 36.1 Å². The first-order chi connectivity index (χ1) is 15.5.